The van der Waals surface area contributed by atoms with E-state index in [0.29, 0.717) is 50.8 Å². The third-order valence-corrected chi connectivity index (χ3v) is 14.2. The topological polar surface area (TPSA) is 266 Å². The number of carbonyl (C=O) groups is 9. The first-order valence-electron chi connectivity index (χ1n) is 26.1. The Morgan fingerprint density at radius 3 is 2.28 bits per heavy atom. The van der Waals surface area contributed by atoms with Crippen LogP contribution in [0.5, 0.6) is 0 Å². The fourth-order valence-corrected chi connectivity index (χ4v) is 9.37. The number of carbonyl (C=O) groups excluding carboxylic acids is 8. The molecule has 21 heteroatoms. The van der Waals surface area contributed by atoms with Gasteiger partial charge in [0.15, 0.2) is 6.10 Å². The summed E-state index contributed by atoms with van der Waals surface area (Å²) in [5, 5.41) is 25.4. The standard InChI is InChI=1S/C51H75N9O11S/c1-10-32(5)44(57-49(69)51(7)23-15-24-58(51)8)47(66)59(9)38(31(3)4)28-39(71-50(70)52-11-2)46-56-37(30-72-46)45(65)55-36(26-33(6)48(67)68)27-34-17-19-35(20-18-34)54-41(62)29-53-40(61)16-13-12-14-25-60-42(63)21-22-43(60)64/h17-22,30-33,36,38-39,44H,10-16,23-29H2,1-9H3,(H,52,70)(H,53,61)(H,54,62)(H,55,65)(H,57,69)(H,67,68)/t32-,33-,36+,38+,39+,44-,51-/m0/s1/i7D,8D. The maximum Gasteiger partial charge on any atom is 0.407 e. The number of unbranched alkanes of at least 4 members (excludes halogenated alkanes) is 2. The molecule has 72 heavy (non-hydrogen) atoms. The Morgan fingerprint density at radius 1 is 0.944 bits per heavy atom. The van der Waals surface area contributed by atoms with Gasteiger partial charge in [0.25, 0.3) is 17.7 Å². The summed E-state index contributed by atoms with van der Waals surface area (Å²) in [6.45, 7) is 11.4. The number of nitrogens with zero attached hydrogens (tertiary/aromatic N) is 4. The number of amides is 8. The van der Waals surface area contributed by atoms with Gasteiger partial charge in [-0.3, -0.25) is 48.2 Å². The number of nitrogens with one attached hydrogen (secondary N) is 5. The van der Waals surface area contributed by atoms with E-state index in [9.17, 15) is 48.3 Å². The Morgan fingerprint density at radius 2 is 1.65 bits per heavy atom. The molecule has 1 fully saturated rings. The van der Waals surface area contributed by atoms with Gasteiger partial charge in [-0.1, -0.05) is 59.6 Å². The summed E-state index contributed by atoms with van der Waals surface area (Å²) in [5.74, 6) is -5.26. The summed E-state index contributed by atoms with van der Waals surface area (Å²) in [6, 6.07) is 4.57. The van der Waals surface area contributed by atoms with Crippen LogP contribution in [-0.2, 0) is 44.7 Å². The number of aliphatic carboxylic acids is 1. The van der Waals surface area contributed by atoms with E-state index in [1.54, 1.807) is 48.0 Å². The Hall–Kier alpha value is -6.22. The molecule has 1 aromatic heterocycles. The molecule has 396 valence electrons. The van der Waals surface area contributed by atoms with Gasteiger partial charge in [-0.25, -0.2) is 9.78 Å². The molecule has 0 saturated carbocycles. The number of likely N-dealkylation sites (N-methyl/N-ethyl adjacent to an activating group) is 2. The van der Waals surface area contributed by atoms with E-state index in [2.05, 4.69) is 31.6 Å². The van der Waals surface area contributed by atoms with Crippen molar-refractivity contribution in [2.75, 3.05) is 45.6 Å². The van der Waals surface area contributed by atoms with Crippen molar-refractivity contribution in [1.82, 2.24) is 41.0 Å². The van der Waals surface area contributed by atoms with Crippen LogP contribution < -0.4 is 26.6 Å². The lowest BCUT2D eigenvalue weighted by atomic mass is 9.91. The second-order valence-corrected chi connectivity index (χ2v) is 20.0. The van der Waals surface area contributed by atoms with Gasteiger partial charge in [0.2, 0.25) is 23.6 Å². The van der Waals surface area contributed by atoms with Crippen LogP contribution in [0.25, 0.3) is 0 Å². The second kappa shape index (κ2) is 27.6. The molecular formula is C51H75N9O11S. The van der Waals surface area contributed by atoms with Gasteiger partial charge in [-0.15, -0.1) is 11.3 Å². The summed E-state index contributed by atoms with van der Waals surface area (Å²) >= 11 is 1.08. The number of carboxylic acids is 1. The van der Waals surface area contributed by atoms with Crippen molar-refractivity contribution in [3.63, 3.8) is 0 Å². The summed E-state index contributed by atoms with van der Waals surface area (Å²) in [5.41, 5.74) is -0.0395. The molecule has 1 aromatic carbocycles. The van der Waals surface area contributed by atoms with Crippen molar-refractivity contribution in [3.05, 3.63) is 58.1 Å². The first kappa shape index (κ1) is 55.1. The molecule has 6 N–H and O–H groups in total. The molecule has 4 rings (SSSR count). The normalized spacial score (nSPS) is 18.5. The SMILES string of the molecule is [2H]CN1CCC[C@@]1(C[2H])C(=O)N[C@H](C(=O)N(C)[C@H](C[C@@H](OC(=O)NCC)c1nc(C(=O)N[C@@H](Cc2ccc(NC(=O)CNC(=O)CCCCCN3C(=O)C=CC3=O)cc2)C[C@H](C)C(=O)O)cs1)C(C)C)[C@@H](C)CC. The highest BCUT2D eigenvalue weighted by Crippen LogP contribution is 2.32. The average molecular weight is 1020 g/mol. The average Bonchev–Trinajstić information content (AvgIpc) is 4.12. The Labute approximate surface area is 429 Å². The van der Waals surface area contributed by atoms with Gasteiger partial charge in [0.1, 0.15) is 16.7 Å². The smallest absolute Gasteiger partial charge is 0.407 e. The highest BCUT2D eigenvalue weighted by atomic mass is 32.1. The second-order valence-electron chi connectivity index (χ2n) is 19.1. The minimum Gasteiger partial charge on any atom is -0.481 e. The Balaban J connectivity index is 1.41. The van der Waals surface area contributed by atoms with E-state index < -0.39 is 65.5 Å². The number of thiazole rings is 1. The third kappa shape index (κ3) is 16.7. The van der Waals surface area contributed by atoms with Crippen LogP contribution in [0.2, 0.25) is 0 Å². The number of anilines is 1. The predicted octanol–water partition coefficient (Wildman–Crippen LogP) is 4.81. The highest BCUT2D eigenvalue weighted by Gasteiger charge is 2.44. The monoisotopic (exact) mass is 1020 g/mol. The maximum absolute atomic E-state index is 14.5. The van der Waals surface area contributed by atoms with Crippen LogP contribution >= 0.6 is 11.3 Å². The molecule has 0 radical (unpaired) electrons. The van der Waals surface area contributed by atoms with E-state index in [1.165, 1.54) is 24.5 Å². The molecule has 2 aromatic rings. The van der Waals surface area contributed by atoms with Gasteiger partial charge in [0.05, 0.1) is 18.0 Å². The van der Waals surface area contributed by atoms with Crippen molar-refractivity contribution in [2.45, 2.75) is 142 Å². The van der Waals surface area contributed by atoms with E-state index in [4.69, 9.17) is 7.48 Å². The molecular weight excluding hydrogens is 947 g/mol. The molecule has 2 aliphatic heterocycles. The van der Waals surface area contributed by atoms with E-state index in [0.717, 1.165) is 21.8 Å². The van der Waals surface area contributed by atoms with E-state index in [-0.39, 0.29) is 105 Å². The number of aromatic nitrogens is 1. The summed E-state index contributed by atoms with van der Waals surface area (Å²) in [6.07, 6.45) is 4.54. The summed E-state index contributed by atoms with van der Waals surface area (Å²) in [4.78, 5) is 125. The van der Waals surface area contributed by atoms with Crippen molar-refractivity contribution >= 4 is 70.4 Å². The van der Waals surface area contributed by atoms with Gasteiger partial charge in [0, 0.05) is 71.0 Å². The molecule has 8 amide bonds. The van der Waals surface area contributed by atoms with Crippen molar-refractivity contribution < 1.29 is 55.7 Å². The van der Waals surface area contributed by atoms with E-state index in [1.807, 2.05) is 27.7 Å². The molecule has 0 unspecified atom stereocenters. The van der Waals surface area contributed by atoms with Crippen molar-refractivity contribution in [1.29, 1.82) is 0 Å². The predicted molar refractivity (Wildman–Crippen MR) is 271 cm³/mol. The number of imide groups is 1. The Kier molecular flexibility index (Phi) is 21.1. The number of alkyl carbamates (subject to hydrolysis) is 1. The van der Waals surface area contributed by atoms with Gasteiger partial charge in [-0.05, 0) is 95.4 Å². The van der Waals surface area contributed by atoms with Crippen molar-refractivity contribution in [3.8, 4) is 0 Å². The summed E-state index contributed by atoms with van der Waals surface area (Å²) < 4.78 is 22.2. The van der Waals surface area contributed by atoms with Gasteiger partial charge >= 0.3 is 12.1 Å². The zero-order valence-corrected chi connectivity index (χ0v) is 43.4. The first-order valence-corrected chi connectivity index (χ1v) is 25.6. The lowest BCUT2D eigenvalue weighted by Crippen LogP contribution is -2.60. The van der Waals surface area contributed by atoms with Crippen molar-refractivity contribution in [2.24, 2.45) is 17.8 Å². The van der Waals surface area contributed by atoms with Crippen LogP contribution in [0.4, 0.5) is 10.5 Å². The number of carboxylic acid groups (broad SMARTS) is 1. The first-order chi connectivity index (χ1) is 35.2. The molecule has 3 heterocycles. The zero-order valence-electron chi connectivity index (χ0n) is 44.6. The minimum absolute atomic E-state index is 0.000308. The number of benzene rings is 1. The molecule has 0 spiro atoms. The highest BCUT2D eigenvalue weighted by molar-refractivity contribution is 7.09. The van der Waals surface area contributed by atoms with Crippen LogP contribution in [0.3, 0.4) is 0 Å². The summed E-state index contributed by atoms with van der Waals surface area (Å²) in [7, 11) is 1.49. The molecule has 20 nitrogen and oxygen atoms in total. The number of ether oxygens (including phenoxy) is 1. The number of hydrogen-bond donors (Lipinski definition) is 6. The largest absolute Gasteiger partial charge is 0.481 e. The minimum atomic E-state index is -1.21. The number of rotatable bonds is 28. The molecule has 7 atom stereocenters. The Bertz CT molecular complexity index is 2300. The van der Waals surface area contributed by atoms with Crippen LogP contribution in [0.1, 0.15) is 136 Å². The number of hydrogen-bond acceptors (Lipinski definition) is 13. The van der Waals surface area contributed by atoms with Gasteiger partial charge in [-0.2, -0.15) is 0 Å². The molecule has 0 aliphatic carbocycles. The molecule has 1 saturated heterocycles. The lowest BCUT2D eigenvalue weighted by molar-refractivity contribution is -0.142. The van der Waals surface area contributed by atoms with Crippen LogP contribution in [-0.4, -0.2) is 142 Å². The van der Waals surface area contributed by atoms with Gasteiger partial charge < -0.3 is 41.3 Å². The quantitative estimate of drug-likeness (QED) is 0.0494. The third-order valence-electron chi connectivity index (χ3n) is 13.2. The fourth-order valence-electron chi connectivity index (χ4n) is 8.53. The van der Waals surface area contributed by atoms with E-state index >= 15 is 0 Å². The number of likely N-dealkylation sites (tertiary alicyclic amines) is 1. The molecule has 0 bridgehead atoms. The zero-order chi connectivity index (χ0) is 54.7. The molecule has 2 aliphatic rings. The maximum atomic E-state index is 14.5. The van der Waals surface area contributed by atoms with Crippen LogP contribution in [0.15, 0.2) is 41.8 Å². The lowest BCUT2D eigenvalue weighted by Gasteiger charge is -2.38. The van der Waals surface area contributed by atoms with Crippen LogP contribution in [0, 0.1) is 17.8 Å². The fraction of sp³-hybridized carbons (Fsp3) is 0.608.